The van der Waals surface area contributed by atoms with Gasteiger partial charge in [-0.25, -0.2) is 18.0 Å². The molecule has 0 amide bonds. The van der Waals surface area contributed by atoms with Crippen molar-refractivity contribution in [2.24, 2.45) is 0 Å². The molecule has 0 fully saturated rings. The van der Waals surface area contributed by atoms with E-state index in [4.69, 9.17) is 22.1 Å². The average molecular weight is 316 g/mol. The van der Waals surface area contributed by atoms with Gasteiger partial charge >= 0.3 is 5.97 Å². The molecule has 0 radical (unpaired) electrons. The highest BCUT2D eigenvalue weighted by molar-refractivity contribution is 6.30. The highest BCUT2D eigenvalue weighted by Crippen LogP contribution is 2.20. The second kappa shape index (κ2) is 6.05. The van der Waals surface area contributed by atoms with Gasteiger partial charge in [0.1, 0.15) is 24.1 Å². The lowest BCUT2D eigenvalue weighted by Crippen LogP contribution is -2.10. The van der Waals surface area contributed by atoms with Crippen LogP contribution in [0.4, 0.5) is 18.9 Å². The Balaban J connectivity index is 2.16. The highest BCUT2D eigenvalue weighted by Gasteiger charge is 2.17. The third kappa shape index (κ3) is 3.28. The molecule has 0 spiro atoms. The van der Waals surface area contributed by atoms with Crippen LogP contribution in [0.15, 0.2) is 30.3 Å². The lowest BCUT2D eigenvalue weighted by atomic mass is 10.2. The van der Waals surface area contributed by atoms with Gasteiger partial charge in [-0.05, 0) is 12.1 Å². The summed E-state index contributed by atoms with van der Waals surface area (Å²) in [5.41, 5.74) is 4.13. The number of carbonyl (C=O) groups is 1. The van der Waals surface area contributed by atoms with Crippen LogP contribution in [0.25, 0.3) is 0 Å². The summed E-state index contributed by atoms with van der Waals surface area (Å²) in [6, 6.07) is 5.46. The molecular formula is C14H9ClF3NO2. The van der Waals surface area contributed by atoms with E-state index in [1.54, 1.807) is 0 Å². The van der Waals surface area contributed by atoms with E-state index in [1.807, 2.05) is 0 Å². The van der Waals surface area contributed by atoms with Crippen molar-refractivity contribution in [2.45, 2.75) is 6.61 Å². The fourth-order valence-corrected chi connectivity index (χ4v) is 1.79. The number of carbonyl (C=O) groups excluding carboxylic acids is 1. The van der Waals surface area contributed by atoms with Crippen LogP contribution in [-0.2, 0) is 11.3 Å². The van der Waals surface area contributed by atoms with Gasteiger partial charge in [-0.2, -0.15) is 0 Å². The van der Waals surface area contributed by atoms with Crippen molar-refractivity contribution in [3.05, 3.63) is 63.9 Å². The van der Waals surface area contributed by atoms with Crippen LogP contribution >= 0.6 is 11.6 Å². The smallest absolute Gasteiger partial charge is 0.341 e. The van der Waals surface area contributed by atoms with Crippen LogP contribution in [-0.4, -0.2) is 5.97 Å². The van der Waals surface area contributed by atoms with Crippen molar-refractivity contribution >= 4 is 23.3 Å². The van der Waals surface area contributed by atoms with Crippen molar-refractivity contribution < 1.29 is 22.7 Å². The van der Waals surface area contributed by atoms with Gasteiger partial charge in [-0.1, -0.05) is 23.7 Å². The molecule has 0 saturated heterocycles. The van der Waals surface area contributed by atoms with E-state index < -0.39 is 41.3 Å². The van der Waals surface area contributed by atoms with Crippen molar-refractivity contribution in [2.75, 3.05) is 5.73 Å². The molecule has 0 unspecified atom stereocenters. The molecule has 2 aromatic carbocycles. The van der Waals surface area contributed by atoms with E-state index in [0.717, 1.165) is 0 Å². The highest BCUT2D eigenvalue weighted by atomic mass is 35.5. The number of nitrogen functional groups attached to an aromatic ring is 1. The van der Waals surface area contributed by atoms with Crippen LogP contribution in [0.3, 0.4) is 0 Å². The molecule has 0 heterocycles. The molecule has 0 aliphatic heterocycles. The van der Waals surface area contributed by atoms with Crippen LogP contribution in [0.5, 0.6) is 0 Å². The van der Waals surface area contributed by atoms with Crippen molar-refractivity contribution in [1.29, 1.82) is 0 Å². The molecule has 110 valence electrons. The standard InChI is InChI=1S/C14H9ClF3NO2/c15-9-3-1-2-7(13(9)18)6-21-14(20)8-4-11(17)12(19)5-10(8)16/h1-5H,6,19H2. The maximum Gasteiger partial charge on any atom is 0.341 e. The van der Waals surface area contributed by atoms with Gasteiger partial charge in [0.2, 0.25) is 0 Å². The summed E-state index contributed by atoms with van der Waals surface area (Å²) in [5.74, 6) is -3.84. The van der Waals surface area contributed by atoms with Gasteiger partial charge in [-0.15, -0.1) is 0 Å². The zero-order chi connectivity index (χ0) is 15.6. The fraction of sp³-hybridized carbons (Fsp3) is 0.0714. The summed E-state index contributed by atoms with van der Waals surface area (Å²) in [5, 5.41) is -0.131. The Hall–Kier alpha value is -2.21. The summed E-state index contributed by atoms with van der Waals surface area (Å²) >= 11 is 5.57. The van der Waals surface area contributed by atoms with Gasteiger partial charge in [0, 0.05) is 11.6 Å². The molecule has 3 nitrogen and oxygen atoms in total. The molecular weight excluding hydrogens is 307 g/mol. The number of esters is 1. The minimum absolute atomic E-state index is 0.0205. The maximum absolute atomic E-state index is 13.6. The number of nitrogens with two attached hydrogens (primary N) is 1. The van der Waals surface area contributed by atoms with Gasteiger partial charge < -0.3 is 10.5 Å². The molecule has 2 rings (SSSR count). The number of halogens is 4. The van der Waals surface area contributed by atoms with E-state index >= 15 is 0 Å². The van der Waals surface area contributed by atoms with Gasteiger partial charge in [0.15, 0.2) is 0 Å². The van der Waals surface area contributed by atoms with E-state index in [2.05, 4.69) is 0 Å². The van der Waals surface area contributed by atoms with E-state index in [9.17, 15) is 18.0 Å². The SMILES string of the molecule is Nc1cc(F)c(C(=O)OCc2cccc(Cl)c2F)cc1F. The number of benzene rings is 2. The topological polar surface area (TPSA) is 52.3 Å². The monoisotopic (exact) mass is 315 g/mol. The van der Waals surface area contributed by atoms with Crippen LogP contribution in [0.1, 0.15) is 15.9 Å². The lowest BCUT2D eigenvalue weighted by Gasteiger charge is -2.08. The third-order valence-corrected chi connectivity index (χ3v) is 2.99. The molecule has 2 aromatic rings. The van der Waals surface area contributed by atoms with Crippen molar-refractivity contribution in [1.82, 2.24) is 0 Å². The molecule has 0 aliphatic rings. The molecule has 21 heavy (non-hydrogen) atoms. The fourth-order valence-electron chi connectivity index (χ4n) is 1.60. The number of hydrogen-bond donors (Lipinski definition) is 1. The quantitative estimate of drug-likeness (QED) is 0.694. The number of rotatable bonds is 3. The maximum atomic E-state index is 13.6. The average Bonchev–Trinajstić information content (AvgIpc) is 2.44. The first-order valence-electron chi connectivity index (χ1n) is 5.74. The zero-order valence-electron chi connectivity index (χ0n) is 10.5. The Morgan fingerprint density at radius 2 is 1.90 bits per heavy atom. The number of anilines is 1. The third-order valence-electron chi connectivity index (χ3n) is 2.70. The normalized spacial score (nSPS) is 10.5. The predicted octanol–water partition coefficient (Wildman–Crippen LogP) is 3.70. The molecule has 0 aromatic heterocycles. The Labute approximate surface area is 123 Å². The summed E-state index contributed by atoms with van der Waals surface area (Å²) in [6.45, 7) is -0.462. The van der Waals surface area contributed by atoms with Gasteiger partial charge in [0.25, 0.3) is 0 Å². The van der Waals surface area contributed by atoms with E-state index in [1.165, 1.54) is 18.2 Å². The van der Waals surface area contributed by atoms with Gasteiger partial charge in [0.05, 0.1) is 16.3 Å². The molecule has 7 heteroatoms. The Kier molecular flexibility index (Phi) is 4.37. The molecule has 0 atom stereocenters. The summed E-state index contributed by atoms with van der Waals surface area (Å²) in [4.78, 5) is 11.7. The lowest BCUT2D eigenvalue weighted by molar-refractivity contribution is 0.0463. The first-order valence-corrected chi connectivity index (χ1v) is 6.12. The zero-order valence-corrected chi connectivity index (χ0v) is 11.3. The Morgan fingerprint density at radius 3 is 2.62 bits per heavy atom. The Bertz CT molecular complexity index is 707. The first-order chi connectivity index (χ1) is 9.90. The van der Waals surface area contributed by atoms with Crippen LogP contribution in [0, 0.1) is 17.5 Å². The van der Waals surface area contributed by atoms with Crippen LogP contribution in [0.2, 0.25) is 5.02 Å². The second-order valence-electron chi connectivity index (χ2n) is 4.14. The summed E-state index contributed by atoms with van der Waals surface area (Å²) in [7, 11) is 0. The summed E-state index contributed by atoms with van der Waals surface area (Å²) in [6.07, 6.45) is 0. The predicted molar refractivity (Wildman–Crippen MR) is 71.3 cm³/mol. The number of hydrogen-bond acceptors (Lipinski definition) is 3. The minimum Gasteiger partial charge on any atom is -0.457 e. The molecule has 0 aliphatic carbocycles. The minimum atomic E-state index is -1.13. The van der Waals surface area contributed by atoms with Crippen LogP contribution < -0.4 is 5.73 Å². The molecule has 0 saturated carbocycles. The van der Waals surface area contributed by atoms with Gasteiger partial charge in [-0.3, -0.25) is 0 Å². The second-order valence-corrected chi connectivity index (χ2v) is 4.55. The van der Waals surface area contributed by atoms with Crippen molar-refractivity contribution in [3.63, 3.8) is 0 Å². The Morgan fingerprint density at radius 1 is 1.19 bits per heavy atom. The summed E-state index contributed by atoms with van der Waals surface area (Å²) < 4.78 is 45.0. The van der Waals surface area contributed by atoms with Crippen molar-refractivity contribution in [3.8, 4) is 0 Å². The molecule has 0 bridgehead atoms. The van der Waals surface area contributed by atoms with E-state index in [-0.39, 0.29) is 10.6 Å². The first kappa shape index (κ1) is 15.2. The largest absolute Gasteiger partial charge is 0.457 e. The van der Waals surface area contributed by atoms with E-state index in [0.29, 0.717) is 12.1 Å². The molecule has 2 N–H and O–H groups in total. The number of ether oxygens (including phenoxy) is 1.